The van der Waals surface area contributed by atoms with Gasteiger partial charge in [0.05, 0.1) is 22.8 Å². The van der Waals surface area contributed by atoms with E-state index in [1.165, 1.54) is 6.08 Å². The molecule has 7 rings (SSSR count). The molecule has 43 heavy (non-hydrogen) atoms. The van der Waals surface area contributed by atoms with E-state index in [1.807, 2.05) is 17.0 Å². The molecule has 0 saturated carbocycles. The van der Waals surface area contributed by atoms with E-state index in [0.29, 0.717) is 45.2 Å². The van der Waals surface area contributed by atoms with Gasteiger partial charge >= 0.3 is 6.01 Å². The Hall–Kier alpha value is -3.43. The highest BCUT2D eigenvalue weighted by atomic mass is 35.5. The van der Waals surface area contributed by atoms with Gasteiger partial charge in [0.25, 0.3) is 0 Å². The SMILES string of the molecule is C=CC(=O)N1CC[C@@H](N(C)c2nc(OC[C@@]34CCCN3C[C@@H](F)C4)nc3c2CCN(c2cccc4cccc(Cl)c24)C3)C1. The van der Waals surface area contributed by atoms with E-state index < -0.39 is 6.17 Å². The van der Waals surface area contributed by atoms with Crippen molar-refractivity contribution in [2.24, 2.45) is 0 Å². The highest BCUT2D eigenvalue weighted by molar-refractivity contribution is 6.36. The summed E-state index contributed by atoms with van der Waals surface area (Å²) in [6, 6.07) is 12.7. The number of carbonyl (C=O) groups excluding carboxylic acids is 1. The van der Waals surface area contributed by atoms with E-state index in [0.717, 1.165) is 77.3 Å². The number of halogens is 2. The van der Waals surface area contributed by atoms with Gasteiger partial charge in [-0.15, -0.1) is 0 Å². The first-order valence-electron chi connectivity index (χ1n) is 15.3. The van der Waals surface area contributed by atoms with Gasteiger partial charge in [0, 0.05) is 62.3 Å². The number of fused-ring (bicyclic) bond motifs is 3. The van der Waals surface area contributed by atoms with Crippen LogP contribution in [0.15, 0.2) is 49.1 Å². The van der Waals surface area contributed by atoms with E-state index in [2.05, 4.69) is 52.6 Å². The smallest absolute Gasteiger partial charge is 0.318 e. The van der Waals surface area contributed by atoms with Gasteiger partial charge in [-0.1, -0.05) is 42.4 Å². The van der Waals surface area contributed by atoms with Crippen LogP contribution in [0.4, 0.5) is 15.9 Å². The topological polar surface area (TPSA) is 65.0 Å². The quantitative estimate of drug-likeness (QED) is 0.351. The third-order valence-electron chi connectivity index (χ3n) is 9.96. The number of hydrogen-bond acceptors (Lipinski definition) is 7. The minimum absolute atomic E-state index is 0.0443. The monoisotopic (exact) mass is 604 g/mol. The van der Waals surface area contributed by atoms with Crippen molar-refractivity contribution in [3.05, 3.63) is 65.3 Å². The number of benzene rings is 2. The van der Waals surface area contributed by atoms with Gasteiger partial charge < -0.3 is 19.4 Å². The van der Waals surface area contributed by atoms with Gasteiger partial charge in [0.2, 0.25) is 5.91 Å². The molecule has 10 heteroatoms. The van der Waals surface area contributed by atoms with Crippen molar-refractivity contribution in [2.75, 3.05) is 56.2 Å². The van der Waals surface area contributed by atoms with Crippen molar-refractivity contribution in [1.82, 2.24) is 19.8 Å². The molecule has 3 fully saturated rings. The second-order valence-electron chi connectivity index (χ2n) is 12.4. The van der Waals surface area contributed by atoms with Gasteiger partial charge in [0.15, 0.2) is 0 Å². The lowest BCUT2D eigenvalue weighted by molar-refractivity contribution is -0.125. The number of nitrogens with zero attached hydrogens (tertiary/aromatic N) is 6. The van der Waals surface area contributed by atoms with Crippen molar-refractivity contribution < 1.29 is 13.9 Å². The van der Waals surface area contributed by atoms with E-state index in [4.69, 9.17) is 26.3 Å². The third kappa shape index (κ3) is 5.10. The Bertz CT molecular complexity index is 1560. The van der Waals surface area contributed by atoms with Crippen LogP contribution in [0.2, 0.25) is 5.02 Å². The normalized spacial score (nSPS) is 25.2. The van der Waals surface area contributed by atoms with Gasteiger partial charge in [-0.2, -0.15) is 9.97 Å². The summed E-state index contributed by atoms with van der Waals surface area (Å²) >= 11 is 6.70. The summed E-state index contributed by atoms with van der Waals surface area (Å²) in [7, 11) is 2.05. The molecule has 0 N–H and O–H groups in total. The first kappa shape index (κ1) is 28.3. The Morgan fingerprint density at radius 1 is 1.21 bits per heavy atom. The average molecular weight is 605 g/mol. The second-order valence-corrected chi connectivity index (χ2v) is 12.9. The number of rotatable bonds is 7. The summed E-state index contributed by atoms with van der Waals surface area (Å²) < 4.78 is 20.9. The van der Waals surface area contributed by atoms with Crippen LogP contribution in [-0.4, -0.2) is 89.8 Å². The van der Waals surface area contributed by atoms with Crippen LogP contribution in [0.3, 0.4) is 0 Å². The molecular weight excluding hydrogens is 567 g/mol. The number of aromatic nitrogens is 2. The summed E-state index contributed by atoms with van der Waals surface area (Å²) in [6.45, 7) is 8.12. The lowest BCUT2D eigenvalue weighted by atomic mass is 9.95. The molecule has 1 amide bonds. The Kier molecular flexibility index (Phi) is 7.42. The zero-order chi connectivity index (χ0) is 29.7. The summed E-state index contributed by atoms with van der Waals surface area (Å²) in [5, 5.41) is 2.87. The van der Waals surface area contributed by atoms with Crippen LogP contribution in [0.25, 0.3) is 10.8 Å². The Morgan fingerprint density at radius 3 is 2.88 bits per heavy atom. The first-order chi connectivity index (χ1) is 20.8. The Morgan fingerprint density at radius 2 is 2.05 bits per heavy atom. The third-order valence-corrected chi connectivity index (χ3v) is 10.3. The van der Waals surface area contributed by atoms with Crippen LogP contribution in [0.1, 0.15) is 36.9 Å². The van der Waals surface area contributed by atoms with E-state index in [1.54, 1.807) is 0 Å². The Balaban J connectivity index is 1.22. The number of alkyl halides is 1. The van der Waals surface area contributed by atoms with Crippen LogP contribution >= 0.6 is 11.6 Å². The summed E-state index contributed by atoms with van der Waals surface area (Å²) in [5.74, 6) is 0.807. The molecule has 0 spiro atoms. The van der Waals surface area contributed by atoms with E-state index in [-0.39, 0.29) is 17.5 Å². The molecule has 2 aromatic carbocycles. The molecule has 3 saturated heterocycles. The molecule has 0 radical (unpaired) electrons. The number of carbonyl (C=O) groups is 1. The molecule has 3 atom stereocenters. The lowest BCUT2D eigenvalue weighted by Gasteiger charge is -2.35. The molecule has 0 unspecified atom stereocenters. The predicted molar refractivity (Wildman–Crippen MR) is 168 cm³/mol. The average Bonchev–Trinajstić information content (AvgIpc) is 3.73. The summed E-state index contributed by atoms with van der Waals surface area (Å²) in [4.78, 5) is 30.9. The number of likely N-dealkylation sites (N-methyl/N-ethyl adjacent to an activating group) is 1. The molecule has 0 aliphatic carbocycles. The number of anilines is 2. The lowest BCUT2D eigenvalue weighted by Crippen LogP contribution is -2.44. The Labute approximate surface area is 257 Å². The van der Waals surface area contributed by atoms with Crippen molar-refractivity contribution in [3.8, 4) is 6.01 Å². The first-order valence-corrected chi connectivity index (χ1v) is 15.7. The van der Waals surface area contributed by atoms with Crippen molar-refractivity contribution in [2.45, 2.75) is 56.4 Å². The maximum absolute atomic E-state index is 14.5. The van der Waals surface area contributed by atoms with Crippen LogP contribution < -0.4 is 14.5 Å². The largest absolute Gasteiger partial charge is 0.461 e. The number of ether oxygens (including phenoxy) is 1. The minimum atomic E-state index is -0.820. The van der Waals surface area contributed by atoms with Gasteiger partial charge in [-0.05, 0) is 55.8 Å². The molecule has 4 aliphatic heterocycles. The fraction of sp³-hybridized carbons (Fsp3) is 0.485. The molecule has 5 heterocycles. The fourth-order valence-corrected chi connectivity index (χ4v) is 7.98. The molecule has 1 aromatic heterocycles. The maximum atomic E-state index is 14.5. The van der Waals surface area contributed by atoms with Gasteiger partial charge in [-0.25, -0.2) is 4.39 Å². The fourth-order valence-electron chi connectivity index (χ4n) is 7.70. The zero-order valence-corrected chi connectivity index (χ0v) is 25.4. The van der Waals surface area contributed by atoms with Crippen LogP contribution in [0.5, 0.6) is 6.01 Å². The molecule has 8 nitrogen and oxygen atoms in total. The second kappa shape index (κ2) is 11.2. The van der Waals surface area contributed by atoms with Crippen molar-refractivity contribution in [1.29, 1.82) is 0 Å². The van der Waals surface area contributed by atoms with Gasteiger partial charge in [-0.3, -0.25) is 9.69 Å². The van der Waals surface area contributed by atoms with Crippen LogP contribution in [-0.2, 0) is 17.8 Å². The van der Waals surface area contributed by atoms with E-state index in [9.17, 15) is 9.18 Å². The highest BCUT2D eigenvalue weighted by Crippen LogP contribution is 2.41. The van der Waals surface area contributed by atoms with Crippen molar-refractivity contribution >= 4 is 39.8 Å². The number of hydrogen-bond donors (Lipinski definition) is 0. The molecule has 4 aliphatic rings. The predicted octanol–water partition coefficient (Wildman–Crippen LogP) is 5.02. The molecule has 3 aromatic rings. The molecular formula is C33H38ClFN6O2. The molecule has 226 valence electrons. The van der Waals surface area contributed by atoms with Crippen LogP contribution in [0, 0.1) is 0 Å². The van der Waals surface area contributed by atoms with Crippen molar-refractivity contribution in [3.63, 3.8) is 0 Å². The standard InChI is InChI=1S/C33H38ClFN6O2/c1-3-29(42)40-15-11-24(19-40)38(2)31-25-12-16-39(28-10-5-8-22-7-4-9-26(34)30(22)28)20-27(25)36-32(37-31)43-21-33-13-6-14-41(33)18-23(35)17-33/h3-5,7-10,23-24H,1,6,11-21H2,2H3/t23-,24+,33-/m0/s1. The maximum Gasteiger partial charge on any atom is 0.318 e. The summed E-state index contributed by atoms with van der Waals surface area (Å²) in [6.07, 6.45) is 4.65. The number of amides is 1. The molecule has 0 bridgehead atoms. The van der Waals surface area contributed by atoms with Gasteiger partial charge in [0.1, 0.15) is 18.6 Å². The number of likely N-dealkylation sites (tertiary alicyclic amines) is 1. The summed E-state index contributed by atoms with van der Waals surface area (Å²) in [5.41, 5.74) is 2.83. The van der Waals surface area contributed by atoms with E-state index >= 15 is 0 Å². The highest BCUT2D eigenvalue weighted by Gasteiger charge is 2.49. The zero-order valence-electron chi connectivity index (χ0n) is 24.6. The minimum Gasteiger partial charge on any atom is -0.461 e.